The van der Waals surface area contributed by atoms with Crippen molar-refractivity contribution >= 4 is 16.3 Å². The molecule has 1 atom stereocenters. The van der Waals surface area contributed by atoms with Gasteiger partial charge in [0.15, 0.2) is 0 Å². The van der Waals surface area contributed by atoms with Crippen molar-refractivity contribution in [2.75, 3.05) is 6.61 Å². The maximum atomic E-state index is 12.0. The van der Waals surface area contributed by atoms with E-state index in [0.717, 1.165) is 11.3 Å². The standard InChI is InChI=1S/C12H15NO4S/c1-2-10(8-14)13-18(15,16)11-3-4-12-9(7-11)5-6-17-12/h3-4,7-8,10,13H,2,5-6H2,1H3/t10-/m0/s1. The Hall–Kier alpha value is -1.40. The second-order valence-corrected chi connectivity index (χ2v) is 5.85. The van der Waals surface area contributed by atoms with Crippen LogP contribution in [0.1, 0.15) is 18.9 Å². The summed E-state index contributed by atoms with van der Waals surface area (Å²) in [6, 6.07) is 4.06. The van der Waals surface area contributed by atoms with Crippen molar-refractivity contribution in [3.05, 3.63) is 23.8 Å². The Balaban J connectivity index is 2.27. The van der Waals surface area contributed by atoms with Crippen LogP contribution in [0.5, 0.6) is 5.75 Å². The molecule has 0 saturated heterocycles. The predicted molar refractivity (Wildman–Crippen MR) is 66.1 cm³/mol. The molecule has 0 saturated carbocycles. The van der Waals surface area contributed by atoms with Crippen molar-refractivity contribution in [3.63, 3.8) is 0 Å². The fourth-order valence-corrected chi connectivity index (χ4v) is 3.11. The molecule has 98 valence electrons. The van der Waals surface area contributed by atoms with Gasteiger partial charge in [-0.05, 0) is 30.2 Å². The molecular formula is C12H15NO4S. The maximum Gasteiger partial charge on any atom is 0.241 e. The van der Waals surface area contributed by atoms with Crippen LogP contribution >= 0.6 is 0 Å². The van der Waals surface area contributed by atoms with Crippen molar-refractivity contribution < 1.29 is 17.9 Å². The molecule has 0 radical (unpaired) electrons. The average Bonchev–Trinajstić information content (AvgIpc) is 2.83. The lowest BCUT2D eigenvalue weighted by Gasteiger charge is -2.11. The summed E-state index contributed by atoms with van der Waals surface area (Å²) in [4.78, 5) is 10.9. The fraction of sp³-hybridized carbons (Fsp3) is 0.417. The van der Waals surface area contributed by atoms with Crippen molar-refractivity contribution in [1.82, 2.24) is 4.72 Å². The van der Waals surface area contributed by atoms with Gasteiger partial charge in [-0.25, -0.2) is 13.1 Å². The van der Waals surface area contributed by atoms with Crippen LogP contribution in [-0.2, 0) is 21.2 Å². The monoisotopic (exact) mass is 269 g/mol. The number of carbonyl (C=O) groups is 1. The van der Waals surface area contributed by atoms with Gasteiger partial charge in [0.2, 0.25) is 10.0 Å². The summed E-state index contributed by atoms with van der Waals surface area (Å²) in [5.74, 6) is 0.733. The van der Waals surface area contributed by atoms with E-state index >= 15 is 0 Å². The summed E-state index contributed by atoms with van der Waals surface area (Å²) in [5, 5.41) is 0. The average molecular weight is 269 g/mol. The largest absolute Gasteiger partial charge is 0.493 e. The minimum atomic E-state index is -3.64. The molecule has 18 heavy (non-hydrogen) atoms. The van der Waals surface area contributed by atoms with Crippen LogP contribution < -0.4 is 9.46 Å². The Morgan fingerprint density at radius 2 is 2.28 bits per heavy atom. The number of fused-ring (bicyclic) bond motifs is 1. The molecule has 0 aromatic heterocycles. The Morgan fingerprint density at radius 3 is 2.94 bits per heavy atom. The van der Waals surface area contributed by atoms with Gasteiger partial charge in [0, 0.05) is 6.42 Å². The number of sulfonamides is 1. The molecule has 1 aromatic rings. The van der Waals surface area contributed by atoms with Crippen LogP contribution in [0.4, 0.5) is 0 Å². The van der Waals surface area contributed by atoms with Gasteiger partial charge < -0.3 is 9.53 Å². The van der Waals surface area contributed by atoms with Crippen LogP contribution in [0.15, 0.2) is 23.1 Å². The van der Waals surface area contributed by atoms with Crippen LogP contribution in [0.25, 0.3) is 0 Å². The lowest BCUT2D eigenvalue weighted by Crippen LogP contribution is -2.35. The highest BCUT2D eigenvalue weighted by Crippen LogP contribution is 2.27. The molecular weight excluding hydrogens is 254 g/mol. The molecule has 0 spiro atoms. The molecule has 0 bridgehead atoms. The molecule has 6 heteroatoms. The minimum absolute atomic E-state index is 0.173. The zero-order valence-corrected chi connectivity index (χ0v) is 10.9. The van der Waals surface area contributed by atoms with Gasteiger partial charge in [-0.2, -0.15) is 0 Å². The molecule has 1 N–H and O–H groups in total. The first-order valence-electron chi connectivity index (χ1n) is 5.80. The quantitative estimate of drug-likeness (QED) is 0.805. The Labute approximate surface area is 106 Å². The first-order chi connectivity index (χ1) is 8.56. The summed E-state index contributed by atoms with van der Waals surface area (Å²) < 4.78 is 31.8. The first-order valence-corrected chi connectivity index (χ1v) is 7.28. The van der Waals surface area contributed by atoms with E-state index < -0.39 is 16.1 Å². The maximum absolute atomic E-state index is 12.0. The normalized spacial score (nSPS) is 15.8. The van der Waals surface area contributed by atoms with E-state index in [1.165, 1.54) is 6.07 Å². The third-order valence-electron chi connectivity index (χ3n) is 2.88. The van der Waals surface area contributed by atoms with Gasteiger partial charge in [-0.3, -0.25) is 0 Å². The van der Waals surface area contributed by atoms with Gasteiger partial charge in [-0.1, -0.05) is 6.92 Å². The molecule has 0 unspecified atom stereocenters. The molecule has 2 rings (SSSR count). The summed E-state index contributed by atoms with van der Waals surface area (Å²) >= 11 is 0. The van der Waals surface area contributed by atoms with Crippen molar-refractivity contribution in [2.24, 2.45) is 0 Å². The molecule has 0 fully saturated rings. The molecule has 5 nitrogen and oxygen atoms in total. The second-order valence-electron chi connectivity index (χ2n) is 4.14. The fourth-order valence-electron chi connectivity index (χ4n) is 1.80. The van der Waals surface area contributed by atoms with Gasteiger partial charge in [-0.15, -0.1) is 0 Å². The third kappa shape index (κ3) is 2.54. The number of carbonyl (C=O) groups excluding carboxylic acids is 1. The van der Waals surface area contributed by atoms with E-state index in [0.29, 0.717) is 25.7 Å². The molecule has 1 aliphatic heterocycles. The van der Waals surface area contributed by atoms with Crippen LogP contribution in [0.3, 0.4) is 0 Å². The van der Waals surface area contributed by atoms with Gasteiger partial charge >= 0.3 is 0 Å². The van der Waals surface area contributed by atoms with Crippen molar-refractivity contribution in [2.45, 2.75) is 30.7 Å². The number of hydrogen-bond acceptors (Lipinski definition) is 4. The zero-order valence-electron chi connectivity index (χ0n) is 10.0. The van der Waals surface area contributed by atoms with Gasteiger partial charge in [0.25, 0.3) is 0 Å². The molecule has 1 aromatic carbocycles. The summed E-state index contributed by atoms with van der Waals surface area (Å²) in [6.07, 6.45) is 1.74. The highest BCUT2D eigenvalue weighted by molar-refractivity contribution is 7.89. The van der Waals surface area contributed by atoms with E-state index in [9.17, 15) is 13.2 Å². The number of benzene rings is 1. The molecule has 1 heterocycles. The van der Waals surface area contributed by atoms with E-state index in [1.54, 1.807) is 19.1 Å². The number of nitrogens with one attached hydrogen (secondary N) is 1. The first kappa shape index (κ1) is 13.0. The number of hydrogen-bond donors (Lipinski definition) is 1. The van der Waals surface area contributed by atoms with Crippen LogP contribution in [-0.4, -0.2) is 27.4 Å². The second kappa shape index (κ2) is 5.07. The van der Waals surface area contributed by atoms with E-state index in [4.69, 9.17) is 4.74 Å². The van der Waals surface area contributed by atoms with Crippen molar-refractivity contribution in [3.8, 4) is 5.75 Å². The van der Waals surface area contributed by atoms with E-state index in [2.05, 4.69) is 4.72 Å². The SMILES string of the molecule is CC[C@@H](C=O)NS(=O)(=O)c1ccc2c(c1)CCO2. The lowest BCUT2D eigenvalue weighted by molar-refractivity contribution is -0.109. The predicted octanol–water partition coefficient (Wildman–Crippen LogP) is 0.877. The Bertz CT molecular complexity index is 553. The number of aldehydes is 1. The minimum Gasteiger partial charge on any atom is -0.493 e. The van der Waals surface area contributed by atoms with Crippen molar-refractivity contribution in [1.29, 1.82) is 0 Å². The summed E-state index contributed by atoms with van der Waals surface area (Å²) in [6.45, 7) is 2.33. The summed E-state index contributed by atoms with van der Waals surface area (Å²) in [5.41, 5.74) is 0.886. The highest BCUT2D eigenvalue weighted by atomic mass is 32.2. The van der Waals surface area contributed by atoms with Crippen LogP contribution in [0.2, 0.25) is 0 Å². The van der Waals surface area contributed by atoms with Gasteiger partial charge in [0.05, 0.1) is 17.5 Å². The van der Waals surface area contributed by atoms with E-state index in [1.807, 2.05) is 0 Å². The third-order valence-corrected chi connectivity index (χ3v) is 4.37. The zero-order chi connectivity index (χ0) is 13.2. The van der Waals surface area contributed by atoms with Gasteiger partial charge in [0.1, 0.15) is 12.0 Å². The lowest BCUT2D eigenvalue weighted by atomic mass is 10.2. The smallest absolute Gasteiger partial charge is 0.241 e. The highest BCUT2D eigenvalue weighted by Gasteiger charge is 2.21. The van der Waals surface area contributed by atoms with E-state index in [-0.39, 0.29) is 4.90 Å². The Morgan fingerprint density at radius 1 is 1.50 bits per heavy atom. The summed E-state index contributed by atoms with van der Waals surface area (Å²) in [7, 11) is -3.64. The molecule has 0 aliphatic carbocycles. The topological polar surface area (TPSA) is 72.5 Å². The number of rotatable bonds is 5. The Kier molecular flexibility index (Phi) is 3.68. The van der Waals surface area contributed by atoms with Crippen LogP contribution in [0, 0.1) is 0 Å². The molecule has 1 aliphatic rings. The number of ether oxygens (including phenoxy) is 1. The molecule has 0 amide bonds.